The number of benzene rings is 1. The van der Waals surface area contributed by atoms with Crippen LogP contribution < -0.4 is 10.5 Å². The van der Waals surface area contributed by atoms with Gasteiger partial charge in [-0.1, -0.05) is 6.92 Å². The van der Waals surface area contributed by atoms with E-state index in [4.69, 9.17) is 10.5 Å². The number of hydrogen-bond acceptors (Lipinski definition) is 6. The van der Waals surface area contributed by atoms with Gasteiger partial charge in [-0.3, -0.25) is 4.68 Å². The Labute approximate surface area is 154 Å². The number of hydrogen-bond donors (Lipinski definition) is 1. The van der Waals surface area contributed by atoms with Crippen LogP contribution in [0.25, 0.3) is 0 Å². The van der Waals surface area contributed by atoms with E-state index in [2.05, 4.69) is 17.0 Å². The van der Waals surface area contributed by atoms with Crippen LogP contribution in [0.15, 0.2) is 35.5 Å². The molecule has 1 aliphatic rings. The third kappa shape index (κ3) is 3.74. The summed E-state index contributed by atoms with van der Waals surface area (Å²) in [5, 5.41) is 3.98. The van der Waals surface area contributed by atoms with E-state index in [0.717, 1.165) is 12.8 Å². The number of aromatic nitrogens is 3. The molecule has 2 heterocycles. The molecular weight excluding hydrogens is 354 g/mol. The summed E-state index contributed by atoms with van der Waals surface area (Å²) in [7, 11) is -1.78. The smallest absolute Gasteiger partial charge is 0.243 e. The first-order valence-corrected chi connectivity index (χ1v) is 10.1. The summed E-state index contributed by atoms with van der Waals surface area (Å²) in [6.45, 7) is 3.17. The van der Waals surface area contributed by atoms with Gasteiger partial charge in [0.2, 0.25) is 10.0 Å². The van der Waals surface area contributed by atoms with E-state index >= 15 is 0 Å². The number of rotatable bonds is 6. The third-order valence-electron chi connectivity index (χ3n) is 4.91. The fraction of sp³-hybridized carbons (Fsp3) is 0.529. The summed E-state index contributed by atoms with van der Waals surface area (Å²) < 4.78 is 34.9. The molecule has 1 aliphatic heterocycles. The number of nitrogens with zero attached hydrogens (tertiary/aromatic N) is 4. The van der Waals surface area contributed by atoms with E-state index in [9.17, 15) is 8.42 Å². The topological polar surface area (TPSA) is 103 Å². The van der Waals surface area contributed by atoms with Gasteiger partial charge in [0.05, 0.1) is 4.90 Å². The average Bonchev–Trinajstić information content (AvgIpc) is 3.05. The second kappa shape index (κ2) is 7.73. The lowest BCUT2D eigenvalue weighted by molar-refractivity contribution is 0.192. The highest BCUT2D eigenvalue weighted by Crippen LogP contribution is 2.29. The van der Waals surface area contributed by atoms with Crippen LogP contribution in [0.3, 0.4) is 0 Å². The van der Waals surface area contributed by atoms with E-state index in [1.807, 2.05) is 0 Å². The highest BCUT2D eigenvalue weighted by molar-refractivity contribution is 7.89. The Morgan fingerprint density at radius 1 is 1.31 bits per heavy atom. The fourth-order valence-electron chi connectivity index (χ4n) is 3.30. The summed E-state index contributed by atoms with van der Waals surface area (Å²) in [5.74, 6) is 1.53. The quantitative estimate of drug-likeness (QED) is 0.807. The molecule has 142 valence electrons. The molecule has 0 bridgehead atoms. The van der Waals surface area contributed by atoms with Crippen molar-refractivity contribution in [3.8, 4) is 5.75 Å². The Kier molecular flexibility index (Phi) is 5.59. The van der Waals surface area contributed by atoms with Crippen molar-refractivity contribution in [2.75, 3.05) is 13.1 Å². The van der Waals surface area contributed by atoms with Crippen LogP contribution >= 0.6 is 0 Å². The van der Waals surface area contributed by atoms with Gasteiger partial charge >= 0.3 is 0 Å². The minimum atomic E-state index is -3.57. The Bertz CT molecular complexity index is 834. The molecule has 0 unspecified atom stereocenters. The molecule has 1 aromatic carbocycles. The largest absolute Gasteiger partial charge is 0.486 e. The third-order valence-corrected chi connectivity index (χ3v) is 6.85. The molecule has 2 N–H and O–H groups in total. The molecule has 26 heavy (non-hydrogen) atoms. The van der Waals surface area contributed by atoms with Crippen LogP contribution in [-0.2, 0) is 23.7 Å². The van der Waals surface area contributed by atoms with Crippen molar-refractivity contribution < 1.29 is 13.2 Å². The van der Waals surface area contributed by atoms with Crippen molar-refractivity contribution in [3.63, 3.8) is 0 Å². The lowest BCUT2D eigenvalue weighted by atomic mass is 9.93. The summed E-state index contributed by atoms with van der Waals surface area (Å²) in [6, 6.07) is 6.32. The molecule has 2 atom stereocenters. The van der Waals surface area contributed by atoms with Gasteiger partial charge in [0, 0.05) is 26.2 Å². The minimum Gasteiger partial charge on any atom is -0.486 e. The molecule has 3 rings (SSSR count). The maximum absolute atomic E-state index is 13.0. The Hall–Kier alpha value is -1.97. The molecule has 9 heteroatoms. The number of ether oxygens (including phenoxy) is 1. The lowest BCUT2D eigenvalue weighted by Gasteiger charge is -2.38. The van der Waals surface area contributed by atoms with Crippen molar-refractivity contribution in [1.29, 1.82) is 0 Å². The molecular formula is C17H25N5O3S. The molecule has 1 fully saturated rings. The van der Waals surface area contributed by atoms with Crippen molar-refractivity contribution in [3.05, 3.63) is 36.4 Å². The average molecular weight is 379 g/mol. The maximum Gasteiger partial charge on any atom is 0.243 e. The van der Waals surface area contributed by atoms with Gasteiger partial charge in [-0.05, 0) is 43.0 Å². The number of nitrogens with two attached hydrogens (primary N) is 1. The highest BCUT2D eigenvalue weighted by atomic mass is 32.2. The summed E-state index contributed by atoms with van der Waals surface area (Å²) in [4.78, 5) is 4.35. The number of aryl methyl sites for hydroxylation is 1. The van der Waals surface area contributed by atoms with Crippen LogP contribution in [0.2, 0.25) is 0 Å². The van der Waals surface area contributed by atoms with Crippen LogP contribution in [-0.4, -0.2) is 46.6 Å². The molecule has 2 aromatic rings. The molecule has 1 aromatic heterocycles. The van der Waals surface area contributed by atoms with Crippen LogP contribution in [0.1, 0.15) is 25.6 Å². The molecule has 0 spiro atoms. The van der Waals surface area contributed by atoms with Gasteiger partial charge in [-0.25, -0.2) is 13.4 Å². The van der Waals surface area contributed by atoms with Crippen LogP contribution in [0.5, 0.6) is 5.75 Å². The molecule has 8 nitrogen and oxygen atoms in total. The Balaban J connectivity index is 1.73. The van der Waals surface area contributed by atoms with Crippen LogP contribution in [0, 0.1) is 5.92 Å². The number of piperidine rings is 1. The second-order valence-corrected chi connectivity index (χ2v) is 8.49. The van der Waals surface area contributed by atoms with Crippen molar-refractivity contribution in [2.45, 2.75) is 37.3 Å². The van der Waals surface area contributed by atoms with Gasteiger partial charge in [-0.15, -0.1) is 0 Å². The minimum absolute atomic E-state index is 0.152. The van der Waals surface area contributed by atoms with Gasteiger partial charge in [-0.2, -0.15) is 9.40 Å². The van der Waals surface area contributed by atoms with E-state index in [1.54, 1.807) is 40.3 Å². The van der Waals surface area contributed by atoms with E-state index in [-0.39, 0.29) is 23.5 Å². The zero-order valence-electron chi connectivity index (χ0n) is 15.1. The summed E-state index contributed by atoms with van der Waals surface area (Å²) in [5.41, 5.74) is 5.84. The Morgan fingerprint density at radius 3 is 2.65 bits per heavy atom. The molecule has 1 saturated heterocycles. The van der Waals surface area contributed by atoms with Crippen molar-refractivity contribution in [2.24, 2.45) is 18.7 Å². The predicted molar refractivity (Wildman–Crippen MR) is 96.9 cm³/mol. The van der Waals surface area contributed by atoms with Crippen molar-refractivity contribution >= 4 is 10.0 Å². The molecule has 0 amide bonds. The second-order valence-electron chi connectivity index (χ2n) is 6.60. The first-order valence-electron chi connectivity index (χ1n) is 8.71. The molecule has 0 saturated carbocycles. The molecule has 0 radical (unpaired) electrons. The van der Waals surface area contributed by atoms with E-state index in [1.165, 1.54) is 6.33 Å². The Morgan fingerprint density at radius 2 is 2.04 bits per heavy atom. The summed E-state index contributed by atoms with van der Waals surface area (Å²) >= 11 is 0. The first kappa shape index (κ1) is 18.8. The standard InChI is InChI=1S/C17H25N5O3S/c1-13-4-3-9-22(16(13)10-18)26(23,24)15-7-5-14(6-8-15)25-11-17-19-12-20-21(17)2/h5-8,12-13,16H,3-4,9-11,18H2,1-2H3/t13-,16-/m1/s1. The lowest BCUT2D eigenvalue weighted by Crippen LogP contribution is -2.51. The van der Waals surface area contributed by atoms with Gasteiger partial charge in [0.15, 0.2) is 5.82 Å². The van der Waals surface area contributed by atoms with Crippen molar-refractivity contribution in [1.82, 2.24) is 19.1 Å². The van der Waals surface area contributed by atoms with Gasteiger partial charge in [0.25, 0.3) is 0 Å². The fourth-order valence-corrected chi connectivity index (χ4v) is 5.07. The zero-order chi connectivity index (χ0) is 18.7. The predicted octanol–water partition coefficient (Wildman–Crippen LogP) is 1.14. The SMILES string of the molecule is C[C@@H]1CCCN(S(=O)(=O)c2ccc(OCc3ncnn3C)cc2)[C@@H]1CN. The van der Waals surface area contributed by atoms with E-state index in [0.29, 0.717) is 24.7 Å². The zero-order valence-corrected chi connectivity index (χ0v) is 15.9. The van der Waals surface area contributed by atoms with Gasteiger partial charge in [0.1, 0.15) is 18.7 Å². The van der Waals surface area contributed by atoms with Crippen LogP contribution in [0.4, 0.5) is 0 Å². The monoisotopic (exact) mass is 379 g/mol. The van der Waals surface area contributed by atoms with E-state index < -0.39 is 10.0 Å². The first-order chi connectivity index (χ1) is 12.4. The maximum atomic E-state index is 13.0. The molecule has 0 aliphatic carbocycles. The van der Waals surface area contributed by atoms with Gasteiger partial charge < -0.3 is 10.5 Å². The number of sulfonamides is 1. The normalized spacial score (nSPS) is 21.7. The summed E-state index contributed by atoms with van der Waals surface area (Å²) in [6.07, 6.45) is 3.32. The highest BCUT2D eigenvalue weighted by Gasteiger charge is 2.36.